The summed E-state index contributed by atoms with van der Waals surface area (Å²) in [6, 6.07) is 4.38. The smallest absolute Gasteiger partial charge is 0.122 e. The van der Waals surface area contributed by atoms with E-state index in [1.807, 2.05) is 0 Å². The highest BCUT2D eigenvalue weighted by Gasteiger charge is 2.14. The Kier molecular flexibility index (Phi) is 4.27. The van der Waals surface area contributed by atoms with Gasteiger partial charge in [-0.1, -0.05) is 13.8 Å². The molecule has 0 aliphatic heterocycles. The van der Waals surface area contributed by atoms with Crippen LogP contribution in [0.15, 0.2) is 22.9 Å². The Morgan fingerprint density at radius 1 is 1.21 bits per heavy atom. The summed E-state index contributed by atoms with van der Waals surface area (Å²) in [5.41, 5.74) is 12.0. The topological polar surface area (TPSA) is 35.2 Å². The average Bonchev–Trinajstić information content (AvgIpc) is 2.85. The average molecular weight is 275 g/mol. The summed E-state index contributed by atoms with van der Waals surface area (Å²) < 4.78 is 5.49. The number of methoxy groups -OCH3 is 1. The fraction of sp³-hybridized carbons (Fsp3) is 0.375. The van der Waals surface area contributed by atoms with Crippen molar-refractivity contribution in [2.75, 3.05) is 7.11 Å². The maximum atomic E-state index is 5.82. The van der Waals surface area contributed by atoms with E-state index < -0.39 is 0 Å². The maximum absolute atomic E-state index is 5.82. The highest BCUT2D eigenvalue weighted by Crippen LogP contribution is 2.36. The zero-order valence-electron chi connectivity index (χ0n) is 12.0. The molecule has 102 valence electrons. The molecule has 0 amide bonds. The zero-order valence-corrected chi connectivity index (χ0v) is 12.8. The van der Waals surface area contributed by atoms with Crippen molar-refractivity contribution in [1.29, 1.82) is 0 Å². The molecule has 2 nitrogen and oxygen atoms in total. The molecule has 1 aromatic carbocycles. The summed E-state index contributed by atoms with van der Waals surface area (Å²) in [6.07, 6.45) is 0. The molecular weight excluding hydrogens is 254 g/mol. The number of hydrogen-bond donors (Lipinski definition) is 1. The molecule has 0 bridgehead atoms. The Labute approximate surface area is 119 Å². The van der Waals surface area contributed by atoms with Crippen LogP contribution < -0.4 is 10.5 Å². The van der Waals surface area contributed by atoms with E-state index in [0.717, 1.165) is 5.75 Å². The van der Waals surface area contributed by atoms with Crippen LogP contribution in [0.25, 0.3) is 11.1 Å². The van der Waals surface area contributed by atoms with E-state index in [1.165, 1.54) is 27.8 Å². The predicted molar refractivity (Wildman–Crippen MR) is 83.0 cm³/mol. The summed E-state index contributed by atoms with van der Waals surface area (Å²) in [4.78, 5) is 0. The van der Waals surface area contributed by atoms with Crippen LogP contribution in [0.4, 0.5) is 0 Å². The van der Waals surface area contributed by atoms with Crippen LogP contribution in [-0.4, -0.2) is 7.11 Å². The minimum atomic E-state index is 0.439. The molecule has 0 atom stereocenters. The summed E-state index contributed by atoms with van der Waals surface area (Å²) in [6.45, 7) is 7.09. The standard InChI is InChI=1S/C16H21NOS/c1-10(2)13-6-14(11(3)5-16(13)18-4)15-9-19-8-12(15)7-17/h5-6,8-10H,7,17H2,1-4H3. The lowest BCUT2D eigenvalue weighted by atomic mass is 9.92. The number of rotatable bonds is 4. The van der Waals surface area contributed by atoms with Crippen LogP contribution in [-0.2, 0) is 6.54 Å². The molecule has 2 aromatic rings. The van der Waals surface area contributed by atoms with E-state index >= 15 is 0 Å². The zero-order chi connectivity index (χ0) is 14.0. The van der Waals surface area contributed by atoms with Gasteiger partial charge in [0.15, 0.2) is 0 Å². The first-order chi connectivity index (χ1) is 9.08. The van der Waals surface area contributed by atoms with E-state index in [-0.39, 0.29) is 0 Å². The first-order valence-electron chi connectivity index (χ1n) is 6.52. The molecule has 0 saturated carbocycles. The van der Waals surface area contributed by atoms with Crippen molar-refractivity contribution in [2.24, 2.45) is 5.73 Å². The van der Waals surface area contributed by atoms with Gasteiger partial charge in [-0.05, 0) is 63.6 Å². The highest BCUT2D eigenvalue weighted by atomic mass is 32.1. The van der Waals surface area contributed by atoms with E-state index in [9.17, 15) is 0 Å². The molecule has 0 saturated heterocycles. The van der Waals surface area contributed by atoms with Gasteiger partial charge in [0.05, 0.1) is 7.11 Å². The van der Waals surface area contributed by atoms with E-state index in [0.29, 0.717) is 12.5 Å². The largest absolute Gasteiger partial charge is 0.496 e. The van der Waals surface area contributed by atoms with Crippen molar-refractivity contribution in [3.05, 3.63) is 39.6 Å². The fourth-order valence-electron chi connectivity index (χ4n) is 2.33. The SMILES string of the molecule is COc1cc(C)c(-c2cscc2CN)cc1C(C)C. The molecule has 0 unspecified atom stereocenters. The van der Waals surface area contributed by atoms with Crippen molar-refractivity contribution in [3.8, 4) is 16.9 Å². The van der Waals surface area contributed by atoms with Crippen LogP contribution >= 0.6 is 11.3 Å². The van der Waals surface area contributed by atoms with Crippen LogP contribution in [0.1, 0.15) is 36.5 Å². The highest BCUT2D eigenvalue weighted by molar-refractivity contribution is 7.08. The van der Waals surface area contributed by atoms with Crippen LogP contribution in [0.2, 0.25) is 0 Å². The van der Waals surface area contributed by atoms with Gasteiger partial charge < -0.3 is 10.5 Å². The predicted octanol–water partition coefficient (Wildman–Crippen LogP) is 4.31. The first-order valence-corrected chi connectivity index (χ1v) is 7.46. The lowest BCUT2D eigenvalue weighted by Crippen LogP contribution is -1.99. The Hall–Kier alpha value is -1.32. The third kappa shape index (κ3) is 2.67. The van der Waals surface area contributed by atoms with Gasteiger partial charge in [-0.15, -0.1) is 0 Å². The number of aryl methyl sites for hydroxylation is 1. The Bertz CT molecular complexity index is 572. The molecule has 3 heteroatoms. The Morgan fingerprint density at radius 3 is 2.53 bits per heavy atom. The monoisotopic (exact) mass is 275 g/mol. The van der Waals surface area contributed by atoms with Crippen LogP contribution in [0.5, 0.6) is 5.75 Å². The number of thiophene rings is 1. The molecule has 0 aliphatic carbocycles. The second kappa shape index (κ2) is 5.76. The molecule has 0 radical (unpaired) electrons. The van der Waals surface area contributed by atoms with Crippen molar-refractivity contribution < 1.29 is 4.74 Å². The summed E-state index contributed by atoms with van der Waals surface area (Å²) in [7, 11) is 1.73. The lowest BCUT2D eigenvalue weighted by molar-refractivity contribution is 0.407. The molecule has 19 heavy (non-hydrogen) atoms. The second-order valence-electron chi connectivity index (χ2n) is 5.08. The Morgan fingerprint density at radius 2 is 1.95 bits per heavy atom. The van der Waals surface area contributed by atoms with Crippen molar-refractivity contribution >= 4 is 11.3 Å². The summed E-state index contributed by atoms with van der Waals surface area (Å²) in [5, 5.41) is 4.31. The van der Waals surface area contributed by atoms with E-state index in [2.05, 4.69) is 43.7 Å². The normalized spacial score (nSPS) is 11.1. The molecule has 1 heterocycles. The minimum Gasteiger partial charge on any atom is -0.496 e. The van der Waals surface area contributed by atoms with Gasteiger partial charge in [-0.3, -0.25) is 0 Å². The van der Waals surface area contributed by atoms with Crippen LogP contribution in [0, 0.1) is 6.92 Å². The van der Waals surface area contributed by atoms with Crippen molar-refractivity contribution in [2.45, 2.75) is 33.2 Å². The van der Waals surface area contributed by atoms with E-state index in [1.54, 1.807) is 18.4 Å². The van der Waals surface area contributed by atoms with Crippen molar-refractivity contribution in [1.82, 2.24) is 0 Å². The summed E-state index contributed by atoms with van der Waals surface area (Å²) in [5.74, 6) is 1.41. The quantitative estimate of drug-likeness (QED) is 0.902. The fourth-order valence-corrected chi connectivity index (χ4v) is 3.20. The van der Waals surface area contributed by atoms with Crippen LogP contribution in [0.3, 0.4) is 0 Å². The first kappa shape index (κ1) is 14.1. The molecule has 2 N–H and O–H groups in total. The summed E-state index contributed by atoms with van der Waals surface area (Å²) >= 11 is 1.71. The number of ether oxygens (including phenoxy) is 1. The maximum Gasteiger partial charge on any atom is 0.122 e. The lowest BCUT2D eigenvalue weighted by Gasteiger charge is -2.16. The van der Waals surface area contributed by atoms with Gasteiger partial charge in [0.25, 0.3) is 0 Å². The van der Waals surface area contributed by atoms with Gasteiger partial charge in [0, 0.05) is 6.54 Å². The van der Waals surface area contributed by atoms with E-state index in [4.69, 9.17) is 10.5 Å². The van der Waals surface area contributed by atoms with Gasteiger partial charge in [0.2, 0.25) is 0 Å². The molecule has 0 aliphatic rings. The number of hydrogen-bond acceptors (Lipinski definition) is 3. The van der Waals surface area contributed by atoms with Gasteiger partial charge >= 0.3 is 0 Å². The number of benzene rings is 1. The third-order valence-electron chi connectivity index (χ3n) is 3.45. The molecule has 2 rings (SSSR count). The second-order valence-corrected chi connectivity index (χ2v) is 5.82. The molecule has 0 spiro atoms. The number of nitrogens with two attached hydrogens (primary N) is 1. The van der Waals surface area contributed by atoms with Gasteiger partial charge in [-0.2, -0.15) is 11.3 Å². The molecule has 0 fully saturated rings. The van der Waals surface area contributed by atoms with Gasteiger partial charge in [-0.25, -0.2) is 0 Å². The third-order valence-corrected chi connectivity index (χ3v) is 4.24. The minimum absolute atomic E-state index is 0.439. The molecule has 1 aromatic heterocycles. The van der Waals surface area contributed by atoms with Gasteiger partial charge in [0.1, 0.15) is 5.75 Å². The van der Waals surface area contributed by atoms with Crippen molar-refractivity contribution in [3.63, 3.8) is 0 Å². The molecular formula is C16H21NOS. The Balaban J connectivity index is 2.61.